The lowest BCUT2D eigenvalue weighted by Crippen LogP contribution is -2.37. The predicted molar refractivity (Wildman–Crippen MR) is 170 cm³/mol. The number of rotatable bonds is 15. The summed E-state index contributed by atoms with van der Waals surface area (Å²) < 4.78 is 10.7. The Kier molecular flexibility index (Phi) is 30.1. The molecule has 1 aliphatic heterocycles. The lowest BCUT2D eigenvalue weighted by Gasteiger charge is -2.26. The number of ether oxygens (including phenoxy) is 2. The summed E-state index contributed by atoms with van der Waals surface area (Å²) >= 11 is 0. The van der Waals surface area contributed by atoms with Crippen LogP contribution in [0.5, 0.6) is 0 Å². The highest BCUT2D eigenvalue weighted by atomic mass is 16.5. The van der Waals surface area contributed by atoms with Gasteiger partial charge in [-0.05, 0) is 71.2 Å². The molecule has 0 aliphatic carbocycles. The third kappa shape index (κ3) is 18.4. The monoisotopic (exact) mass is 552 g/mol. The Labute approximate surface area is 242 Å². The normalized spacial score (nSPS) is 20.0. The molecule has 1 fully saturated rings. The molecular weight excluding hydrogens is 488 g/mol. The lowest BCUT2D eigenvalue weighted by atomic mass is 9.87. The number of hydrogen-bond donors (Lipinski definition) is 2. The fourth-order valence-corrected chi connectivity index (χ4v) is 4.37. The van der Waals surface area contributed by atoms with Gasteiger partial charge in [0.25, 0.3) is 0 Å². The quantitative estimate of drug-likeness (QED) is 0.135. The highest BCUT2D eigenvalue weighted by Crippen LogP contribution is 2.22. The SMILES string of the molecule is C=C/C=C(\C=C/C)C(O)[C@@H](C)NC.C=CCC(OC)C1CCCN1C.CC.CCC(C)C(C)C(CC=O)OC. The average Bonchev–Trinajstić information content (AvgIpc) is 3.39. The van der Waals surface area contributed by atoms with Crippen molar-refractivity contribution in [2.45, 2.75) is 111 Å². The van der Waals surface area contributed by atoms with Crippen LogP contribution in [0.25, 0.3) is 0 Å². The zero-order valence-corrected chi connectivity index (χ0v) is 27.3. The maximum atomic E-state index is 10.3. The Balaban J connectivity index is -0.000000483. The van der Waals surface area contributed by atoms with Crippen LogP contribution in [0.1, 0.15) is 80.6 Å². The van der Waals surface area contributed by atoms with Crippen LogP contribution in [-0.4, -0.2) is 81.5 Å². The Morgan fingerprint density at radius 3 is 2.13 bits per heavy atom. The van der Waals surface area contributed by atoms with E-state index in [-0.39, 0.29) is 12.1 Å². The fourth-order valence-electron chi connectivity index (χ4n) is 4.37. The van der Waals surface area contributed by atoms with E-state index in [1.165, 1.54) is 19.4 Å². The minimum absolute atomic E-state index is 0.0439. The molecule has 6 unspecified atom stereocenters. The van der Waals surface area contributed by atoms with Crippen molar-refractivity contribution in [2.24, 2.45) is 11.8 Å². The van der Waals surface area contributed by atoms with Crippen LogP contribution in [0.2, 0.25) is 0 Å². The number of nitrogens with one attached hydrogen (secondary N) is 1. The van der Waals surface area contributed by atoms with Gasteiger partial charge in [-0.3, -0.25) is 0 Å². The number of aliphatic hydroxyl groups excluding tert-OH is 1. The van der Waals surface area contributed by atoms with E-state index in [9.17, 15) is 9.90 Å². The highest BCUT2D eigenvalue weighted by molar-refractivity contribution is 5.50. The van der Waals surface area contributed by atoms with Gasteiger partial charge in [0.05, 0.1) is 18.3 Å². The van der Waals surface area contributed by atoms with Crippen molar-refractivity contribution in [2.75, 3.05) is 34.9 Å². The number of aliphatic hydroxyl groups is 1. The lowest BCUT2D eigenvalue weighted by molar-refractivity contribution is -0.111. The van der Waals surface area contributed by atoms with E-state index in [2.05, 4.69) is 51.2 Å². The molecule has 0 saturated carbocycles. The van der Waals surface area contributed by atoms with Gasteiger partial charge in [0.1, 0.15) is 6.29 Å². The van der Waals surface area contributed by atoms with E-state index in [1.807, 2.05) is 59.0 Å². The smallest absolute Gasteiger partial charge is 0.122 e. The van der Waals surface area contributed by atoms with E-state index in [1.54, 1.807) is 20.3 Å². The van der Waals surface area contributed by atoms with Crippen LogP contribution in [0, 0.1) is 11.8 Å². The molecule has 1 saturated heterocycles. The van der Waals surface area contributed by atoms with Crippen molar-refractivity contribution in [3.05, 3.63) is 49.1 Å². The molecule has 0 radical (unpaired) electrons. The first-order valence-corrected chi connectivity index (χ1v) is 14.7. The average molecular weight is 553 g/mol. The second-order valence-corrected chi connectivity index (χ2v) is 9.83. The second kappa shape index (κ2) is 28.0. The largest absolute Gasteiger partial charge is 0.387 e. The van der Waals surface area contributed by atoms with Crippen LogP contribution in [-0.2, 0) is 14.3 Å². The standard InChI is InChI=1S/C11H19NO.C10H19NO.C10H20O2.C2H6/c1-5-7-10(8-6-2)11(13)9(3)12-4;1-4-6-10(12-3)9-7-5-8-11(9)2;1-5-8(2)9(3)10(12-4)6-7-11;1-2/h5-9,11-13H,1H2,2-4H3;4,9-10H,1,5-8H2,2-3H3;7-10H,5-6H2,1-4H3;1-2H3/b8-6-,10-7+;;;/t9-,11?;;;/m1.../s1. The first-order chi connectivity index (χ1) is 18.6. The molecule has 1 aliphatic rings. The van der Waals surface area contributed by atoms with Gasteiger partial charge in [0.2, 0.25) is 0 Å². The Morgan fingerprint density at radius 1 is 1.15 bits per heavy atom. The third-order valence-corrected chi connectivity index (χ3v) is 7.41. The summed E-state index contributed by atoms with van der Waals surface area (Å²) in [4.78, 5) is 12.7. The maximum absolute atomic E-state index is 10.3. The summed E-state index contributed by atoms with van der Waals surface area (Å²) in [6.45, 7) is 22.9. The van der Waals surface area contributed by atoms with E-state index in [0.717, 1.165) is 24.7 Å². The third-order valence-electron chi connectivity index (χ3n) is 7.41. The van der Waals surface area contributed by atoms with E-state index in [4.69, 9.17) is 9.47 Å². The van der Waals surface area contributed by atoms with Crippen LogP contribution in [0.15, 0.2) is 49.1 Å². The number of likely N-dealkylation sites (tertiary alicyclic amines) is 1. The van der Waals surface area contributed by atoms with Gasteiger partial charge in [-0.15, -0.1) is 6.58 Å². The second-order valence-electron chi connectivity index (χ2n) is 9.83. The molecule has 2 N–H and O–H groups in total. The number of likely N-dealkylation sites (N-methyl/N-ethyl adjacent to an activating group) is 2. The minimum atomic E-state index is -0.487. The molecule has 6 nitrogen and oxygen atoms in total. The summed E-state index contributed by atoms with van der Waals surface area (Å²) in [6.07, 6.45) is 15.3. The molecule has 39 heavy (non-hydrogen) atoms. The van der Waals surface area contributed by atoms with Gasteiger partial charge in [0.15, 0.2) is 0 Å². The van der Waals surface area contributed by atoms with Crippen molar-refractivity contribution in [3.8, 4) is 0 Å². The van der Waals surface area contributed by atoms with Gasteiger partial charge in [-0.1, -0.05) is 78.0 Å². The van der Waals surface area contributed by atoms with Crippen LogP contribution >= 0.6 is 0 Å². The van der Waals surface area contributed by atoms with Gasteiger partial charge in [-0.25, -0.2) is 0 Å². The molecule has 230 valence electrons. The summed E-state index contributed by atoms with van der Waals surface area (Å²) in [5.41, 5.74) is 0.874. The molecule has 0 bridgehead atoms. The van der Waals surface area contributed by atoms with Crippen LogP contribution in [0.3, 0.4) is 0 Å². The molecule has 0 aromatic heterocycles. The zero-order chi connectivity index (χ0) is 30.8. The van der Waals surface area contributed by atoms with E-state index >= 15 is 0 Å². The van der Waals surface area contributed by atoms with Crippen molar-refractivity contribution < 1.29 is 19.4 Å². The molecule has 0 amide bonds. The van der Waals surface area contributed by atoms with Crippen LogP contribution < -0.4 is 5.32 Å². The van der Waals surface area contributed by atoms with E-state index < -0.39 is 6.10 Å². The molecule has 0 spiro atoms. The summed E-state index contributed by atoms with van der Waals surface area (Å²) in [5.74, 6) is 1.08. The minimum Gasteiger partial charge on any atom is -0.387 e. The van der Waals surface area contributed by atoms with Crippen LogP contribution in [0.4, 0.5) is 0 Å². The number of nitrogens with zero attached hydrogens (tertiary/aromatic N) is 1. The van der Waals surface area contributed by atoms with Crippen molar-refractivity contribution >= 4 is 6.29 Å². The predicted octanol–water partition coefficient (Wildman–Crippen LogP) is 6.61. The fraction of sp³-hybridized carbons (Fsp3) is 0.727. The highest BCUT2D eigenvalue weighted by Gasteiger charge is 2.28. The Morgan fingerprint density at radius 2 is 1.77 bits per heavy atom. The van der Waals surface area contributed by atoms with Crippen molar-refractivity contribution in [3.63, 3.8) is 0 Å². The van der Waals surface area contributed by atoms with E-state index in [0.29, 0.717) is 30.4 Å². The van der Waals surface area contributed by atoms with Gasteiger partial charge in [0, 0.05) is 32.7 Å². The first-order valence-electron chi connectivity index (χ1n) is 14.7. The number of methoxy groups -OCH3 is 2. The van der Waals surface area contributed by atoms with Gasteiger partial charge >= 0.3 is 0 Å². The maximum Gasteiger partial charge on any atom is 0.122 e. The number of carbonyl (C=O) groups is 1. The number of hydrogen-bond acceptors (Lipinski definition) is 6. The molecule has 7 atom stereocenters. The van der Waals surface area contributed by atoms with Crippen molar-refractivity contribution in [1.82, 2.24) is 10.2 Å². The zero-order valence-electron chi connectivity index (χ0n) is 27.3. The van der Waals surface area contributed by atoms with Crippen molar-refractivity contribution in [1.29, 1.82) is 0 Å². The summed E-state index contributed by atoms with van der Waals surface area (Å²) in [5, 5.41) is 12.8. The van der Waals surface area contributed by atoms with Gasteiger partial charge < -0.3 is 29.6 Å². The topological polar surface area (TPSA) is 71.0 Å². The Hall–Kier alpha value is -1.57. The Bertz CT molecular complexity index is 650. The molecule has 0 aromatic rings. The number of allylic oxidation sites excluding steroid dienone is 3. The summed E-state index contributed by atoms with van der Waals surface area (Å²) in [7, 11) is 7.47. The summed E-state index contributed by atoms with van der Waals surface area (Å²) in [6, 6.07) is 0.649. The molecule has 6 heteroatoms. The number of carbonyl (C=O) groups excluding carboxylic acids is 1. The molecule has 1 rings (SSSR count). The molecular formula is C33H64N2O4. The van der Waals surface area contributed by atoms with Gasteiger partial charge in [-0.2, -0.15) is 0 Å². The first kappa shape index (κ1) is 41.9. The molecule has 0 aromatic carbocycles. The molecule has 1 heterocycles. The number of aldehydes is 1.